The van der Waals surface area contributed by atoms with Gasteiger partial charge in [0.25, 0.3) is 0 Å². The second-order valence-corrected chi connectivity index (χ2v) is 5.59. The van der Waals surface area contributed by atoms with E-state index in [1.165, 1.54) is 11.3 Å². The molecule has 0 aromatic heterocycles. The molecular weight excluding hydrogens is 266 g/mol. The van der Waals surface area contributed by atoms with E-state index in [1.807, 2.05) is 56.6 Å². The third-order valence-corrected chi connectivity index (χ3v) is 3.69. The summed E-state index contributed by atoms with van der Waals surface area (Å²) in [6.45, 7) is 0. The maximum absolute atomic E-state index is 5.98. The molecule has 20 heavy (non-hydrogen) atoms. The van der Waals surface area contributed by atoms with Crippen molar-refractivity contribution < 1.29 is 0 Å². The number of benzene rings is 2. The Morgan fingerprint density at radius 3 is 2.40 bits per heavy atom. The Hall–Kier alpha value is -1.94. The number of hydrogen-bond acceptors (Lipinski definition) is 3. The lowest BCUT2D eigenvalue weighted by atomic mass is 10.2. The van der Waals surface area contributed by atoms with Gasteiger partial charge in [0.2, 0.25) is 0 Å². The van der Waals surface area contributed by atoms with Crippen molar-refractivity contribution >= 4 is 28.3 Å². The van der Waals surface area contributed by atoms with E-state index >= 15 is 0 Å². The van der Waals surface area contributed by atoms with Crippen molar-refractivity contribution in [3.63, 3.8) is 0 Å². The monoisotopic (exact) mass is 285 g/mol. The Morgan fingerprint density at radius 1 is 1.05 bits per heavy atom. The number of anilines is 1. The molecule has 0 unspecified atom stereocenters. The normalized spacial score (nSPS) is 11.4. The minimum absolute atomic E-state index is 0.588. The summed E-state index contributed by atoms with van der Waals surface area (Å²) in [7, 11) is 4.09. The zero-order valence-corrected chi connectivity index (χ0v) is 12.6. The predicted octanol–water partition coefficient (Wildman–Crippen LogP) is 3.63. The average Bonchev–Trinajstić information content (AvgIpc) is 2.46. The molecule has 2 aromatic carbocycles. The van der Waals surface area contributed by atoms with Crippen LogP contribution in [0.15, 0.2) is 59.6 Å². The molecule has 2 aromatic rings. The van der Waals surface area contributed by atoms with Gasteiger partial charge in [0.1, 0.15) is 0 Å². The van der Waals surface area contributed by atoms with Crippen molar-refractivity contribution in [3.05, 3.63) is 60.2 Å². The van der Waals surface area contributed by atoms with Crippen LogP contribution in [0.4, 0.5) is 11.4 Å². The molecule has 0 aliphatic heterocycles. The topological polar surface area (TPSA) is 41.6 Å². The summed E-state index contributed by atoms with van der Waals surface area (Å²) >= 11 is 1.56. The van der Waals surface area contributed by atoms with Crippen molar-refractivity contribution in [2.45, 2.75) is 5.75 Å². The number of nitrogens with two attached hydrogens (primary N) is 1. The highest BCUT2D eigenvalue weighted by Gasteiger charge is 2.04. The zero-order valence-electron chi connectivity index (χ0n) is 11.8. The molecule has 0 atom stereocenters. The lowest BCUT2D eigenvalue weighted by Crippen LogP contribution is -2.12. The second kappa shape index (κ2) is 7.01. The summed E-state index contributed by atoms with van der Waals surface area (Å²) in [5.74, 6) is 0.816. The quantitative estimate of drug-likeness (QED) is 0.689. The number of nitrogens with zero attached hydrogens (tertiary/aromatic N) is 2. The molecule has 0 saturated carbocycles. The highest BCUT2D eigenvalue weighted by atomic mass is 32.2. The fourth-order valence-corrected chi connectivity index (χ4v) is 2.60. The Kier molecular flexibility index (Phi) is 5.07. The molecule has 0 saturated heterocycles. The highest BCUT2D eigenvalue weighted by Crippen LogP contribution is 2.23. The molecule has 4 heteroatoms. The Morgan fingerprint density at radius 2 is 1.70 bits per heavy atom. The lowest BCUT2D eigenvalue weighted by Gasteiger charge is -2.16. The van der Waals surface area contributed by atoms with Crippen LogP contribution in [-0.4, -0.2) is 19.3 Å². The predicted molar refractivity (Wildman–Crippen MR) is 89.8 cm³/mol. The number of aliphatic imine (C=N–C) groups is 1. The maximum Gasteiger partial charge on any atom is 0.159 e. The molecule has 104 valence electrons. The molecule has 0 aliphatic carbocycles. The van der Waals surface area contributed by atoms with E-state index in [-0.39, 0.29) is 0 Å². The first kappa shape index (κ1) is 14.5. The third-order valence-electron chi connectivity index (χ3n) is 2.84. The standard InChI is InChI=1S/C16H19N3S/c1-19(2)15-11-7-6-8-13(15)12-20-16(17)18-14-9-4-3-5-10-14/h3-11H,12H2,1-2H3,(H2,17,18). The van der Waals surface area contributed by atoms with Crippen LogP contribution in [0, 0.1) is 0 Å². The van der Waals surface area contributed by atoms with E-state index in [1.54, 1.807) is 11.8 Å². The SMILES string of the molecule is CN(C)c1ccccc1CSC(N)=Nc1ccccc1. The van der Waals surface area contributed by atoms with Crippen molar-refractivity contribution in [1.29, 1.82) is 0 Å². The number of hydrogen-bond donors (Lipinski definition) is 1. The summed E-state index contributed by atoms with van der Waals surface area (Å²) in [4.78, 5) is 6.50. The van der Waals surface area contributed by atoms with Crippen LogP contribution in [0.1, 0.15) is 5.56 Å². The average molecular weight is 285 g/mol. The van der Waals surface area contributed by atoms with Gasteiger partial charge in [-0.15, -0.1) is 0 Å². The minimum atomic E-state index is 0.588. The van der Waals surface area contributed by atoms with Gasteiger partial charge < -0.3 is 10.6 Å². The van der Waals surface area contributed by atoms with Gasteiger partial charge >= 0.3 is 0 Å². The maximum atomic E-state index is 5.98. The molecule has 0 radical (unpaired) electrons. The Balaban J connectivity index is 2.04. The summed E-state index contributed by atoms with van der Waals surface area (Å²) in [6.07, 6.45) is 0. The van der Waals surface area contributed by atoms with Crippen LogP contribution in [0.5, 0.6) is 0 Å². The highest BCUT2D eigenvalue weighted by molar-refractivity contribution is 8.13. The van der Waals surface area contributed by atoms with Gasteiger partial charge in [0.05, 0.1) is 5.69 Å². The summed E-state index contributed by atoms with van der Waals surface area (Å²) in [6, 6.07) is 18.1. The number of amidine groups is 1. The molecule has 2 N–H and O–H groups in total. The molecule has 0 heterocycles. The minimum Gasteiger partial charge on any atom is -0.378 e. The van der Waals surface area contributed by atoms with Gasteiger partial charge in [-0.2, -0.15) is 0 Å². The van der Waals surface area contributed by atoms with Crippen molar-refractivity contribution in [2.24, 2.45) is 10.7 Å². The molecule has 3 nitrogen and oxygen atoms in total. The van der Waals surface area contributed by atoms with E-state index < -0.39 is 0 Å². The van der Waals surface area contributed by atoms with E-state index in [2.05, 4.69) is 22.0 Å². The van der Waals surface area contributed by atoms with Crippen molar-refractivity contribution in [3.8, 4) is 0 Å². The molecule has 0 spiro atoms. The summed E-state index contributed by atoms with van der Waals surface area (Å²) in [5, 5.41) is 0.588. The first-order valence-corrected chi connectivity index (χ1v) is 7.42. The smallest absolute Gasteiger partial charge is 0.159 e. The molecule has 0 aliphatic rings. The second-order valence-electron chi connectivity index (χ2n) is 4.60. The van der Waals surface area contributed by atoms with E-state index in [4.69, 9.17) is 5.73 Å². The molecule has 0 amide bonds. The van der Waals surface area contributed by atoms with Crippen LogP contribution < -0.4 is 10.6 Å². The molecule has 2 rings (SSSR count). The Bertz CT molecular complexity index is 579. The van der Waals surface area contributed by atoms with Gasteiger partial charge in [-0.3, -0.25) is 0 Å². The van der Waals surface area contributed by atoms with Gasteiger partial charge in [-0.05, 0) is 23.8 Å². The van der Waals surface area contributed by atoms with Gasteiger partial charge in [-0.1, -0.05) is 48.2 Å². The zero-order chi connectivity index (χ0) is 14.4. The fraction of sp³-hybridized carbons (Fsp3) is 0.188. The van der Waals surface area contributed by atoms with Gasteiger partial charge in [0, 0.05) is 25.5 Å². The largest absolute Gasteiger partial charge is 0.378 e. The molecule has 0 bridgehead atoms. The first-order chi connectivity index (χ1) is 9.66. The van der Waals surface area contributed by atoms with E-state index in [9.17, 15) is 0 Å². The first-order valence-electron chi connectivity index (χ1n) is 6.44. The van der Waals surface area contributed by atoms with Crippen LogP contribution in [-0.2, 0) is 5.75 Å². The van der Waals surface area contributed by atoms with E-state index in [0.717, 1.165) is 11.4 Å². The Labute approximate surface area is 124 Å². The fourth-order valence-electron chi connectivity index (χ4n) is 1.88. The lowest BCUT2D eigenvalue weighted by molar-refractivity contribution is 1.11. The number of thioether (sulfide) groups is 1. The summed E-state index contributed by atoms with van der Waals surface area (Å²) in [5.41, 5.74) is 9.34. The third kappa shape index (κ3) is 4.03. The van der Waals surface area contributed by atoms with E-state index in [0.29, 0.717) is 5.17 Å². The van der Waals surface area contributed by atoms with Crippen LogP contribution >= 0.6 is 11.8 Å². The van der Waals surface area contributed by atoms with Crippen molar-refractivity contribution in [2.75, 3.05) is 19.0 Å². The van der Waals surface area contributed by atoms with Gasteiger partial charge in [-0.25, -0.2) is 4.99 Å². The van der Waals surface area contributed by atoms with Crippen LogP contribution in [0.25, 0.3) is 0 Å². The van der Waals surface area contributed by atoms with Crippen LogP contribution in [0.3, 0.4) is 0 Å². The number of rotatable bonds is 4. The number of para-hydroxylation sites is 2. The van der Waals surface area contributed by atoms with Crippen molar-refractivity contribution in [1.82, 2.24) is 0 Å². The van der Waals surface area contributed by atoms with Crippen LogP contribution in [0.2, 0.25) is 0 Å². The summed E-state index contributed by atoms with van der Waals surface area (Å²) < 4.78 is 0. The van der Waals surface area contributed by atoms with Gasteiger partial charge in [0.15, 0.2) is 5.17 Å². The molecule has 0 fully saturated rings. The molecular formula is C16H19N3S.